The van der Waals surface area contributed by atoms with E-state index in [9.17, 15) is 4.79 Å². The van der Waals surface area contributed by atoms with E-state index in [0.29, 0.717) is 6.42 Å². The van der Waals surface area contributed by atoms with Crippen molar-refractivity contribution in [1.82, 2.24) is 0 Å². The summed E-state index contributed by atoms with van der Waals surface area (Å²) >= 11 is 1.58. The van der Waals surface area contributed by atoms with E-state index in [-0.39, 0.29) is 5.91 Å². The maximum absolute atomic E-state index is 11.1. The first-order chi connectivity index (χ1) is 5.25. The van der Waals surface area contributed by atoms with Gasteiger partial charge in [-0.3, -0.25) is 4.79 Å². The first kappa shape index (κ1) is 8.27. The fourth-order valence-electron chi connectivity index (χ4n) is 0.821. The summed E-state index contributed by atoms with van der Waals surface area (Å²) in [5.74, 6) is 0.160. The number of rotatable bonds is 2. The highest BCUT2D eigenvalue weighted by Crippen LogP contribution is 2.19. The molecule has 0 aliphatic rings. The molecule has 2 nitrogen and oxygen atoms in total. The van der Waals surface area contributed by atoms with Crippen LogP contribution in [0.4, 0.5) is 5.00 Å². The highest BCUT2D eigenvalue weighted by atomic mass is 32.1. The van der Waals surface area contributed by atoms with Crippen LogP contribution in [0.3, 0.4) is 0 Å². The summed E-state index contributed by atoms with van der Waals surface area (Å²) in [4.78, 5) is 12.8. The summed E-state index contributed by atoms with van der Waals surface area (Å²) in [6, 6.07) is 3.89. The molecule has 11 heavy (non-hydrogen) atoms. The Bertz CT molecular complexity index is 230. The number of carbonyl (C=O) groups excluding carboxylic acids is 1. The van der Waals surface area contributed by atoms with Gasteiger partial charge in [0.15, 0.2) is 0 Å². The van der Waals surface area contributed by atoms with Crippen molar-refractivity contribution >= 4 is 22.2 Å². The monoisotopic (exact) mass is 169 g/mol. The minimum absolute atomic E-state index is 0.160. The van der Waals surface area contributed by atoms with E-state index in [2.05, 4.69) is 0 Å². The smallest absolute Gasteiger partial charge is 0.227 e. The Kier molecular flexibility index (Phi) is 2.65. The molecule has 0 unspecified atom stereocenters. The molecule has 0 atom stereocenters. The van der Waals surface area contributed by atoms with Crippen molar-refractivity contribution in [2.45, 2.75) is 13.3 Å². The molecule has 1 heterocycles. The lowest BCUT2D eigenvalue weighted by Gasteiger charge is -2.12. The molecule has 0 saturated heterocycles. The standard InChI is InChI=1S/C8H11NOS/c1-3-7(10)9(2)8-5-4-6-11-8/h4-6H,3H2,1-2H3. The number of thiophene rings is 1. The molecular weight excluding hydrogens is 158 g/mol. The van der Waals surface area contributed by atoms with Crippen LogP contribution in [0.15, 0.2) is 17.5 Å². The van der Waals surface area contributed by atoms with E-state index in [4.69, 9.17) is 0 Å². The number of amides is 1. The number of hydrogen-bond donors (Lipinski definition) is 0. The van der Waals surface area contributed by atoms with E-state index >= 15 is 0 Å². The fraction of sp³-hybridized carbons (Fsp3) is 0.375. The van der Waals surface area contributed by atoms with E-state index < -0.39 is 0 Å². The maximum atomic E-state index is 11.1. The van der Waals surface area contributed by atoms with Gasteiger partial charge in [-0.25, -0.2) is 0 Å². The van der Waals surface area contributed by atoms with E-state index in [0.717, 1.165) is 5.00 Å². The van der Waals surface area contributed by atoms with Crippen molar-refractivity contribution in [2.24, 2.45) is 0 Å². The predicted octanol–water partition coefficient (Wildman–Crippen LogP) is 2.12. The van der Waals surface area contributed by atoms with Gasteiger partial charge in [-0.15, -0.1) is 11.3 Å². The molecule has 1 amide bonds. The summed E-state index contributed by atoms with van der Waals surface area (Å²) in [7, 11) is 1.80. The predicted molar refractivity (Wildman–Crippen MR) is 48.0 cm³/mol. The minimum atomic E-state index is 0.160. The Morgan fingerprint density at radius 1 is 1.73 bits per heavy atom. The number of carbonyl (C=O) groups is 1. The van der Waals surface area contributed by atoms with Gasteiger partial charge in [0, 0.05) is 13.5 Å². The van der Waals surface area contributed by atoms with Crippen molar-refractivity contribution in [3.8, 4) is 0 Å². The maximum Gasteiger partial charge on any atom is 0.227 e. The van der Waals surface area contributed by atoms with Crippen molar-refractivity contribution in [3.05, 3.63) is 17.5 Å². The lowest BCUT2D eigenvalue weighted by atomic mass is 10.4. The third-order valence-corrected chi connectivity index (χ3v) is 2.46. The van der Waals surface area contributed by atoms with Crippen LogP contribution in [0.2, 0.25) is 0 Å². The zero-order chi connectivity index (χ0) is 8.27. The average Bonchev–Trinajstić information content (AvgIpc) is 2.53. The molecule has 0 bridgehead atoms. The second-order valence-electron chi connectivity index (χ2n) is 2.26. The molecule has 0 aromatic carbocycles. The van der Waals surface area contributed by atoms with E-state index in [1.54, 1.807) is 23.3 Å². The Hall–Kier alpha value is -0.830. The molecule has 1 aromatic heterocycles. The number of hydrogen-bond acceptors (Lipinski definition) is 2. The van der Waals surface area contributed by atoms with Gasteiger partial charge in [-0.2, -0.15) is 0 Å². The summed E-state index contributed by atoms with van der Waals surface area (Å²) in [6.45, 7) is 1.87. The molecule has 3 heteroatoms. The zero-order valence-electron chi connectivity index (χ0n) is 6.70. The highest BCUT2D eigenvalue weighted by Gasteiger charge is 2.07. The summed E-state index contributed by atoms with van der Waals surface area (Å²) in [6.07, 6.45) is 0.564. The van der Waals surface area contributed by atoms with Crippen LogP contribution in [0.25, 0.3) is 0 Å². The molecule has 0 fully saturated rings. The van der Waals surface area contributed by atoms with Gasteiger partial charge in [-0.05, 0) is 17.5 Å². The third kappa shape index (κ3) is 1.80. The van der Waals surface area contributed by atoms with Crippen molar-refractivity contribution < 1.29 is 4.79 Å². The lowest BCUT2D eigenvalue weighted by Crippen LogP contribution is -2.23. The molecule has 0 radical (unpaired) electrons. The van der Waals surface area contributed by atoms with E-state index in [1.165, 1.54) is 0 Å². The van der Waals surface area contributed by atoms with E-state index in [1.807, 2.05) is 24.4 Å². The Morgan fingerprint density at radius 2 is 2.45 bits per heavy atom. The van der Waals surface area contributed by atoms with Gasteiger partial charge in [0.2, 0.25) is 5.91 Å². The van der Waals surface area contributed by atoms with Crippen LogP contribution in [0.5, 0.6) is 0 Å². The topological polar surface area (TPSA) is 20.3 Å². The van der Waals surface area contributed by atoms with Gasteiger partial charge in [-0.1, -0.05) is 6.92 Å². The Morgan fingerprint density at radius 3 is 2.91 bits per heavy atom. The quantitative estimate of drug-likeness (QED) is 0.664. The molecule has 60 valence electrons. The summed E-state index contributed by atoms with van der Waals surface area (Å²) < 4.78 is 0. The van der Waals surface area contributed by atoms with Crippen molar-refractivity contribution in [3.63, 3.8) is 0 Å². The molecule has 0 aliphatic heterocycles. The zero-order valence-corrected chi connectivity index (χ0v) is 7.52. The molecule has 0 aliphatic carbocycles. The second-order valence-corrected chi connectivity index (χ2v) is 3.18. The number of anilines is 1. The molecular formula is C8H11NOS. The average molecular weight is 169 g/mol. The van der Waals surface area contributed by atoms with Crippen LogP contribution in [-0.2, 0) is 4.79 Å². The minimum Gasteiger partial charge on any atom is -0.307 e. The van der Waals surface area contributed by atoms with Crippen LogP contribution in [-0.4, -0.2) is 13.0 Å². The Labute approximate surface area is 70.5 Å². The summed E-state index contributed by atoms with van der Waals surface area (Å²) in [5.41, 5.74) is 0. The van der Waals surface area contributed by atoms with Gasteiger partial charge >= 0.3 is 0 Å². The van der Waals surface area contributed by atoms with Gasteiger partial charge in [0.05, 0.1) is 5.00 Å². The largest absolute Gasteiger partial charge is 0.307 e. The molecule has 1 rings (SSSR count). The molecule has 0 N–H and O–H groups in total. The SMILES string of the molecule is CCC(=O)N(C)c1cccs1. The molecule has 1 aromatic rings. The van der Waals surface area contributed by atoms with Crippen LogP contribution in [0, 0.1) is 0 Å². The highest BCUT2D eigenvalue weighted by molar-refractivity contribution is 7.14. The van der Waals surface area contributed by atoms with Gasteiger partial charge in [0.25, 0.3) is 0 Å². The molecule has 0 spiro atoms. The third-order valence-electron chi connectivity index (χ3n) is 1.51. The van der Waals surface area contributed by atoms with Gasteiger partial charge < -0.3 is 4.90 Å². The first-order valence-electron chi connectivity index (χ1n) is 3.55. The Balaban J connectivity index is 2.70. The number of nitrogens with zero attached hydrogens (tertiary/aromatic N) is 1. The van der Waals surface area contributed by atoms with Crippen LogP contribution < -0.4 is 4.90 Å². The van der Waals surface area contributed by atoms with Crippen molar-refractivity contribution in [1.29, 1.82) is 0 Å². The molecule has 0 saturated carbocycles. The summed E-state index contributed by atoms with van der Waals surface area (Å²) in [5, 5.41) is 2.98. The van der Waals surface area contributed by atoms with Crippen molar-refractivity contribution in [2.75, 3.05) is 11.9 Å². The van der Waals surface area contributed by atoms with Crippen LogP contribution in [0.1, 0.15) is 13.3 Å². The van der Waals surface area contributed by atoms with Gasteiger partial charge in [0.1, 0.15) is 0 Å². The fourth-order valence-corrected chi connectivity index (χ4v) is 1.53. The normalized spacial score (nSPS) is 9.64. The van der Waals surface area contributed by atoms with Crippen LogP contribution >= 0.6 is 11.3 Å². The second kappa shape index (κ2) is 3.53. The first-order valence-corrected chi connectivity index (χ1v) is 4.43. The lowest BCUT2D eigenvalue weighted by molar-refractivity contribution is -0.117.